The van der Waals surface area contributed by atoms with E-state index in [1.165, 1.54) is 12.1 Å². The van der Waals surface area contributed by atoms with E-state index in [0.29, 0.717) is 0 Å². The first-order chi connectivity index (χ1) is 8.34. The van der Waals surface area contributed by atoms with Crippen LogP contribution in [-0.4, -0.2) is 12.7 Å². The summed E-state index contributed by atoms with van der Waals surface area (Å²) in [7, 11) is 0. The lowest BCUT2D eigenvalue weighted by molar-refractivity contribution is -0.137. The Bertz CT molecular complexity index is 460. The molecule has 0 fully saturated rings. The molecule has 1 N–H and O–H groups in total. The Kier molecular flexibility index (Phi) is 4.61. The van der Waals surface area contributed by atoms with Crippen LogP contribution in [0.3, 0.4) is 0 Å². The molecule has 0 unspecified atom stereocenters. The van der Waals surface area contributed by atoms with E-state index in [1.54, 1.807) is 0 Å². The van der Waals surface area contributed by atoms with Gasteiger partial charge in [0.25, 0.3) is 0 Å². The maximum absolute atomic E-state index is 12.5. The molecule has 0 spiro atoms. The van der Waals surface area contributed by atoms with E-state index in [9.17, 15) is 18.0 Å². The number of carbonyl (C=O) groups excluding carboxylic acids is 1. The summed E-state index contributed by atoms with van der Waals surface area (Å²) in [5, 5.41) is 1.71. The molecule has 0 radical (unpaired) electrons. The van der Waals surface area contributed by atoms with Crippen molar-refractivity contribution in [3.8, 4) is 0 Å². The van der Waals surface area contributed by atoms with E-state index in [4.69, 9.17) is 11.6 Å². The van der Waals surface area contributed by atoms with Crippen molar-refractivity contribution in [2.75, 3.05) is 11.9 Å². The molecule has 1 aromatic carbocycles. The van der Waals surface area contributed by atoms with Crippen molar-refractivity contribution in [1.29, 1.82) is 0 Å². The van der Waals surface area contributed by atoms with E-state index in [-0.39, 0.29) is 12.3 Å². The molecule has 0 saturated heterocycles. The topological polar surface area (TPSA) is 38.3 Å². The van der Waals surface area contributed by atoms with E-state index in [0.717, 1.165) is 12.1 Å². The van der Waals surface area contributed by atoms with Crippen molar-refractivity contribution < 1.29 is 22.7 Å². The van der Waals surface area contributed by atoms with Crippen LogP contribution in [0.2, 0.25) is 5.02 Å². The molecule has 0 aliphatic carbocycles. The Labute approximate surface area is 106 Å². The maximum Gasteiger partial charge on any atom is 0.417 e. The number of benzene rings is 1. The zero-order valence-electron chi connectivity index (χ0n) is 9.05. The van der Waals surface area contributed by atoms with Crippen molar-refractivity contribution in [2.45, 2.75) is 6.18 Å². The van der Waals surface area contributed by atoms with Crippen molar-refractivity contribution in [3.63, 3.8) is 0 Å². The number of carbonyl (C=O) groups is 1. The molecular formula is C11H9ClF3NO2. The molecule has 7 heteroatoms. The van der Waals surface area contributed by atoms with Gasteiger partial charge in [0.05, 0.1) is 10.6 Å². The van der Waals surface area contributed by atoms with Gasteiger partial charge >= 0.3 is 12.3 Å². The number of anilines is 1. The summed E-state index contributed by atoms with van der Waals surface area (Å²) in [6.07, 6.45) is -4.12. The monoisotopic (exact) mass is 279 g/mol. The summed E-state index contributed by atoms with van der Waals surface area (Å²) in [5.41, 5.74) is -1.08. The number of alkyl halides is 3. The van der Waals surface area contributed by atoms with Gasteiger partial charge in [0.1, 0.15) is 6.61 Å². The van der Waals surface area contributed by atoms with Gasteiger partial charge in [-0.2, -0.15) is 13.2 Å². The maximum atomic E-state index is 12.5. The molecular weight excluding hydrogens is 271 g/mol. The third kappa shape index (κ3) is 3.96. The average molecular weight is 280 g/mol. The van der Waals surface area contributed by atoms with Crippen molar-refractivity contribution >= 4 is 23.4 Å². The fourth-order valence-electron chi connectivity index (χ4n) is 1.11. The minimum atomic E-state index is -4.58. The highest BCUT2D eigenvalue weighted by atomic mass is 35.5. The molecule has 98 valence electrons. The highest BCUT2D eigenvalue weighted by Gasteiger charge is 2.33. The molecule has 1 amide bonds. The van der Waals surface area contributed by atoms with Crippen molar-refractivity contribution in [3.05, 3.63) is 41.4 Å². The normalized spacial score (nSPS) is 10.9. The lowest BCUT2D eigenvalue weighted by Gasteiger charge is -2.11. The Morgan fingerprint density at radius 1 is 1.50 bits per heavy atom. The van der Waals surface area contributed by atoms with Crippen LogP contribution in [0.5, 0.6) is 0 Å². The molecule has 0 aromatic heterocycles. The standard InChI is InChI=1S/C11H9ClF3NO2/c1-2-5-18-10(17)16-7-3-4-9(12)8(6-7)11(13,14)15/h2-4,6H,1,5H2,(H,16,17). The summed E-state index contributed by atoms with van der Waals surface area (Å²) in [5.74, 6) is 0. The van der Waals surface area contributed by atoms with Crippen LogP contribution >= 0.6 is 11.6 Å². The van der Waals surface area contributed by atoms with Crippen LogP contribution in [0, 0.1) is 0 Å². The van der Waals surface area contributed by atoms with Crippen LogP contribution in [0.1, 0.15) is 5.56 Å². The van der Waals surface area contributed by atoms with Gasteiger partial charge in [-0.3, -0.25) is 5.32 Å². The first-order valence-electron chi connectivity index (χ1n) is 4.76. The Morgan fingerprint density at radius 3 is 2.72 bits per heavy atom. The molecule has 0 bridgehead atoms. The molecule has 0 aliphatic rings. The van der Waals surface area contributed by atoms with Gasteiger partial charge in [-0.05, 0) is 18.2 Å². The molecule has 0 heterocycles. The molecule has 0 atom stereocenters. The SMILES string of the molecule is C=CCOC(=O)Nc1ccc(Cl)c(C(F)(F)F)c1. The Morgan fingerprint density at radius 2 is 2.17 bits per heavy atom. The largest absolute Gasteiger partial charge is 0.445 e. The van der Waals surface area contributed by atoms with Gasteiger partial charge in [-0.1, -0.05) is 24.3 Å². The molecule has 1 aromatic rings. The Hall–Kier alpha value is -1.69. The fourth-order valence-corrected chi connectivity index (χ4v) is 1.33. The number of rotatable bonds is 3. The van der Waals surface area contributed by atoms with Crippen LogP contribution < -0.4 is 5.32 Å². The van der Waals surface area contributed by atoms with Crippen LogP contribution in [-0.2, 0) is 10.9 Å². The first kappa shape index (κ1) is 14.4. The second-order valence-electron chi connectivity index (χ2n) is 3.20. The average Bonchev–Trinajstić information content (AvgIpc) is 2.27. The molecule has 1 rings (SSSR count). The second-order valence-corrected chi connectivity index (χ2v) is 3.61. The van der Waals surface area contributed by atoms with Gasteiger partial charge in [-0.25, -0.2) is 4.79 Å². The summed E-state index contributed by atoms with van der Waals surface area (Å²) < 4.78 is 42.1. The third-order valence-electron chi connectivity index (χ3n) is 1.85. The predicted molar refractivity (Wildman–Crippen MR) is 61.6 cm³/mol. The van der Waals surface area contributed by atoms with E-state index in [2.05, 4.69) is 16.6 Å². The number of hydrogen-bond acceptors (Lipinski definition) is 2. The van der Waals surface area contributed by atoms with E-state index in [1.807, 2.05) is 0 Å². The number of nitrogens with one attached hydrogen (secondary N) is 1. The summed E-state index contributed by atoms with van der Waals surface area (Å²) in [6, 6.07) is 3.03. The summed E-state index contributed by atoms with van der Waals surface area (Å²) in [4.78, 5) is 11.1. The van der Waals surface area contributed by atoms with Crippen LogP contribution in [0.25, 0.3) is 0 Å². The lowest BCUT2D eigenvalue weighted by atomic mass is 10.2. The lowest BCUT2D eigenvalue weighted by Crippen LogP contribution is -2.14. The van der Waals surface area contributed by atoms with Crippen LogP contribution in [0.15, 0.2) is 30.9 Å². The molecule has 18 heavy (non-hydrogen) atoms. The zero-order valence-corrected chi connectivity index (χ0v) is 9.81. The minimum Gasteiger partial charge on any atom is -0.445 e. The van der Waals surface area contributed by atoms with Gasteiger partial charge < -0.3 is 4.74 Å². The molecule has 3 nitrogen and oxygen atoms in total. The summed E-state index contributed by atoms with van der Waals surface area (Å²) in [6.45, 7) is 3.29. The fraction of sp³-hybridized carbons (Fsp3) is 0.182. The zero-order chi connectivity index (χ0) is 13.8. The van der Waals surface area contributed by atoms with E-state index < -0.39 is 22.9 Å². The summed E-state index contributed by atoms with van der Waals surface area (Å²) >= 11 is 5.42. The van der Waals surface area contributed by atoms with Gasteiger partial charge in [-0.15, -0.1) is 0 Å². The first-order valence-corrected chi connectivity index (χ1v) is 5.14. The predicted octanol–water partition coefficient (Wildman–Crippen LogP) is 4.09. The van der Waals surface area contributed by atoms with Crippen LogP contribution in [0.4, 0.5) is 23.7 Å². The molecule has 0 aliphatic heterocycles. The number of halogens is 4. The Balaban J connectivity index is 2.86. The van der Waals surface area contributed by atoms with Gasteiger partial charge in [0, 0.05) is 5.69 Å². The van der Waals surface area contributed by atoms with Crippen molar-refractivity contribution in [2.24, 2.45) is 0 Å². The minimum absolute atomic E-state index is 0.0362. The highest BCUT2D eigenvalue weighted by molar-refractivity contribution is 6.31. The van der Waals surface area contributed by atoms with E-state index >= 15 is 0 Å². The quantitative estimate of drug-likeness (QED) is 0.846. The number of amides is 1. The number of hydrogen-bond donors (Lipinski definition) is 1. The second kappa shape index (κ2) is 5.77. The third-order valence-corrected chi connectivity index (χ3v) is 2.18. The highest BCUT2D eigenvalue weighted by Crippen LogP contribution is 2.36. The van der Waals surface area contributed by atoms with Gasteiger partial charge in [0.2, 0.25) is 0 Å². The molecule has 0 saturated carbocycles. The van der Waals surface area contributed by atoms with Crippen molar-refractivity contribution in [1.82, 2.24) is 0 Å². The smallest absolute Gasteiger partial charge is 0.417 e. The number of ether oxygens (including phenoxy) is 1. The van der Waals surface area contributed by atoms with Gasteiger partial charge in [0.15, 0.2) is 0 Å².